The van der Waals surface area contributed by atoms with Crippen LogP contribution in [0.1, 0.15) is 51.0 Å². The first kappa shape index (κ1) is 13.9. The standard InChI is InChI=1S/C18H26O2/c1-2-5-13-8-9-17(19)15(10-13)12-16-11-14-6-3-4-7-18(14)20-16/h3-4,6-7,13,15-17,19H,2,5,8-12H2,1H3. The molecule has 0 spiro atoms. The summed E-state index contributed by atoms with van der Waals surface area (Å²) in [5, 5.41) is 10.3. The van der Waals surface area contributed by atoms with Crippen molar-refractivity contribution in [3.63, 3.8) is 0 Å². The van der Waals surface area contributed by atoms with Crippen molar-refractivity contribution in [2.75, 3.05) is 0 Å². The predicted octanol–water partition coefficient (Wildman–Crippen LogP) is 3.96. The van der Waals surface area contributed by atoms with Gasteiger partial charge in [0.15, 0.2) is 0 Å². The second-order valence-corrected chi connectivity index (χ2v) is 6.58. The van der Waals surface area contributed by atoms with Crippen molar-refractivity contribution in [2.45, 2.75) is 64.1 Å². The highest BCUT2D eigenvalue weighted by Gasteiger charge is 2.33. The van der Waals surface area contributed by atoms with E-state index in [4.69, 9.17) is 4.74 Å². The zero-order chi connectivity index (χ0) is 13.9. The van der Waals surface area contributed by atoms with E-state index in [1.54, 1.807) is 0 Å². The van der Waals surface area contributed by atoms with Gasteiger partial charge in [-0.25, -0.2) is 0 Å². The molecule has 0 radical (unpaired) electrons. The number of hydrogen-bond acceptors (Lipinski definition) is 2. The van der Waals surface area contributed by atoms with Gasteiger partial charge in [0.25, 0.3) is 0 Å². The zero-order valence-corrected chi connectivity index (χ0v) is 12.4. The summed E-state index contributed by atoms with van der Waals surface area (Å²) in [6, 6.07) is 8.34. The molecule has 1 N–H and O–H groups in total. The van der Waals surface area contributed by atoms with E-state index in [9.17, 15) is 5.11 Å². The van der Waals surface area contributed by atoms with Crippen LogP contribution in [0, 0.1) is 11.8 Å². The van der Waals surface area contributed by atoms with E-state index < -0.39 is 0 Å². The topological polar surface area (TPSA) is 29.5 Å². The maximum Gasteiger partial charge on any atom is 0.123 e. The lowest BCUT2D eigenvalue weighted by molar-refractivity contribution is 0.0238. The number of fused-ring (bicyclic) bond motifs is 1. The summed E-state index contributed by atoms with van der Waals surface area (Å²) in [5.74, 6) is 2.30. The minimum atomic E-state index is -0.115. The predicted molar refractivity (Wildman–Crippen MR) is 80.9 cm³/mol. The van der Waals surface area contributed by atoms with Crippen LogP contribution in [0.3, 0.4) is 0 Å². The Morgan fingerprint density at radius 2 is 2.10 bits per heavy atom. The van der Waals surface area contributed by atoms with Crippen molar-refractivity contribution in [3.05, 3.63) is 29.8 Å². The Kier molecular flexibility index (Phi) is 4.30. The molecule has 110 valence electrons. The SMILES string of the molecule is CCCC1CCC(O)C(CC2Cc3ccccc3O2)C1. The number of rotatable bonds is 4. The first-order chi connectivity index (χ1) is 9.76. The maximum atomic E-state index is 10.3. The van der Waals surface area contributed by atoms with E-state index in [2.05, 4.69) is 25.1 Å². The van der Waals surface area contributed by atoms with Crippen LogP contribution in [0.25, 0.3) is 0 Å². The molecule has 0 amide bonds. The first-order valence-electron chi connectivity index (χ1n) is 8.19. The molecule has 1 heterocycles. The molecular formula is C18H26O2. The third-order valence-corrected chi connectivity index (χ3v) is 5.03. The Balaban J connectivity index is 1.58. The molecule has 3 rings (SSSR count). The Bertz CT molecular complexity index is 418. The van der Waals surface area contributed by atoms with Crippen LogP contribution in [0.15, 0.2) is 24.3 Å². The normalized spacial score (nSPS) is 32.7. The molecule has 1 aliphatic carbocycles. The van der Waals surface area contributed by atoms with Gasteiger partial charge < -0.3 is 9.84 Å². The third kappa shape index (κ3) is 3.01. The van der Waals surface area contributed by atoms with Gasteiger partial charge in [0.2, 0.25) is 0 Å². The molecule has 2 aliphatic rings. The van der Waals surface area contributed by atoms with Gasteiger partial charge in [-0.1, -0.05) is 38.0 Å². The van der Waals surface area contributed by atoms with Crippen molar-refractivity contribution >= 4 is 0 Å². The van der Waals surface area contributed by atoms with Gasteiger partial charge >= 0.3 is 0 Å². The van der Waals surface area contributed by atoms with Crippen LogP contribution in [-0.4, -0.2) is 17.3 Å². The quantitative estimate of drug-likeness (QED) is 0.900. The van der Waals surface area contributed by atoms with E-state index in [0.29, 0.717) is 5.92 Å². The highest BCUT2D eigenvalue weighted by molar-refractivity contribution is 5.37. The van der Waals surface area contributed by atoms with Gasteiger partial charge in [-0.15, -0.1) is 0 Å². The summed E-state index contributed by atoms with van der Waals surface area (Å²) in [4.78, 5) is 0. The van der Waals surface area contributed by atoms with Gasteiger partial charge in [0.05, 0.1) is 6.10 Å². The monoisotopic (exact) mass is 274 g/mol. The van der Waals surface area contributed by atoms with E-state index in [1.807, 2.05) is 6.07 Å². The van der Waals surface area contributed by atoms with Gasteiger partial charge in [-0.3, -0.25) is 0 Å². The van der Waals surface area contributed by atoms with Crippen LogP contribution < -0.4 is 4.74 Å². The third-order valence-electron chi connectivity index (χ3n) is 5.03. The second-order valence-electron chi connectivity index (χ2n) is 6.58. The summed E-state index contributed by atoms with van der Waals surface area (Å²) in [5.41, 5.74) is 1.33. The van der Waals surface area contributed by atoms with E-state index in [1.165, 1.54) is 31.2 Å². The van der Waals surface area contributed by atoms with Crippen LogP contribution in [-0.2, 0) is 6.42 Å². The van der Waals surface area contributed by atoms with Crippen molar-refractivity contribution in [1.29, 1.82) is 0 Å². The van der Waals surface area contributed by atoms with Crippen molar-refractivity contribution in [3.8, 4) is 5.75 Å². The fraction of sp³-hybridized carbons (Fsp3) is 0.667. The Morgan fingerprint density at radius 3 is 2.90 bits per heavy atom. The molecule has 1 aromatic carbocycles. The smallest absolute Gasteiger partial charge is 0.123 e. The largest absolute Gasteiger partial charge is 0.490 e. The lowest BCUT2D eigenvalue weighted by Crippen LogP contribution is -2.33. The minimum absolute atomic E-state index is 0.115. The Morgan fingerprint density at radius 1 is 1.25 bits per heavy atom. The summed E-state index contributed by atoms with van der Waals surface area (Å²) < 4.78 is 6.04. The number of benzene rings is 1. The van der Waals surface area contributed by atoms with Crippen LogP contribution >= 0.6 is 0 Å². The average Bonchev–Trinajstić information content (AvgIpc) is 2.85. The number of ether oxygens (including phenoxy) is 1. The fourth-order valence-corrected chi connectivity index (χ4v) is 3.99. The minimum Gasteiger partial charge on any atom is -0.490 e. The molecule has 0 aromatic heterocycles. The summed E-state index contributed by atoms with van der Waals surface area (Å²) in [6.45, 7) is 2.26. The zero-order valence-electron chi connectivity index (χ0n) is 12.4. The van der Waals surface area contributed by atoms with Crippen LogP contribution in [0.4, 0.5) is 0 Å². The molecule has 0 bridgehead atoms. The molecule has 2 heteroatoms. The van der Waals surface area contributed by atoms with Crippen molar-refractivity contribution < 1.29 is 9.84 Å². The molecule has 4 unspecified atom stereocenters. The van der Waals surface area contributed by atoms with Crippen LogP contribution in [0.2, 0.25) is 0 Å². The molecule has 0 saturated heterocycles. The maximum absolute atomic E-state index is 10.3. The molecule has 1 aliphatic heterocycles. The second kappa shape index (κ2) is 6.17. The summed E-state index contributed by atoms with van der Waals surface area (Å²) >= 11 is 0. The van der Waals surface area contributed by atoms with Crippen LogP contribution in [0.5, 0.6) is 5.75 Å². The molecular weight excluding hydrogens is 248 g/mol. The molecule has 2 nitrogen and oxygen atoms in total. The lowest BCUT2D eigenvalue weighted by atomic mass is 9.75. The van der Waals surface area contributed by atoms with E-state index >= 15 is 0 Å². The lowest BCUT2D eigenvalue weighted by Gasteiger charge is -2.34. The Labute approximate surface area is 122 Å². The summed E-state index contributed by atoms with van der Waals surface area (Å²) in [7, 11) is 0. The number of aliphatic hydroxyl groups excluding tert-OH is 1. The van der Waals surface area contributed by atoms with Gasteiger partial charge in [-0.2, -0.15) is 0 Å². The number of para-hydroxylation sites is 1. The highest BCUT2D eigenvalue weighted by Crippen LogP contribution is 2.38. The van der Waals surface area contributed by atoms with Gasteiger partial charge in [-0.05, 0) is 49.1 Å². The fourth-order valence-electron chi connectivity index (χ4n) is 3.99. The number of aliphatic hydroxyl groups is 1. The number of hydrogen-bond donors (Lipinski definition) is 1. The van der Waals surface area contributed by atoms with Crippen molar-refractivity contribution in [1.82, 2.24) is 0 Å². The summed E-state index contributed by atoms with van der Waals surface area (Å²) in [6.07, 6.45) is 8.13. The van der Waals surface area contributed by atoms with Gasteiger partial charge in [0, 0.05) is 6.42 Å². The van der Waals surface area contributed by atoms with Gasteiger partial charge in [0.1, 0.15) is 11.9 Å². The Hall–Kier alpha value is -1.02. The molecule has 1 aromatic rings. The molecule has 20 heavy (non-hydrogen) atoms. The average molecular weight is 274 g/mol. The molecule has 1 fully saturated rings. The molecule has 1 saturated carbocycles. The highest BCUT2D eigenvalue weighted by atomic mass is 16.5. The van der Waals surface area contributed by atoms with E-state index in [0.717, 1.165) is 30.9 Å². The van der Waals surface area contributed by atoms with Crippen molar-refractivity contribution in [2.24, 2.45) is 11.8 Å². The first-order valence-corrected chi connectivity index (χ1v) is 8.19. The van der Waals surface area contributed by atoms with E-state index in [-0.39, 0.29) is 12.2 Å². The molecule has 4 atom stereocenters.